The van der Waals surface area contributed by atoms with Crippen LogP contribution in [0.4, 0.5) is 17.1 Å². The number of hydrogen-bond acceptors (Lipinski definition) is 3. The Kier molecular flexibility index (Phi) is 3.77. The lowest BCUT2D eigenvalue weighted by atomic mass is 10.0. The molecule has 2 aliphatic rings. The number of anilines is 3. The maximum atomic E-state index is 4.85. The number of rotatable bonds is 2. The number of aryl methyl sites for hydroxylation is 2. The van der Waals surface area contributed by atoms with Gasteiger partial charge in [-0.3, -0.25) is 4.98 Å². The molecule has 0 fully saturated rings. The Hall–Kier alpha value is -2.81. The maximum absolute atomic E-state index is 4.85. The molecule has 3 heteroatoms. The molecule has 5 rings (SSSR count). The van der Waals surface area contributed by atoms with E-state index in [0.717, 1.165) is 12.1 Å². The number of para-hydroxylation sites is 1. The van der Waals surface area contributed by atoms with E-state index in [0.29, 0.717) is 6.04 Å². The normalized spacial score (nSPS) is 17.1. The number of nitrogens with zero attached hydrogens (tertiary/aromatic N) is 3. The standard InChI is InChI=1S/C25H27N3/c1-15(2)27-18(5)28(23-9-7-6-8-16(23)3)25-21-14-22-20(11-10-17(4)26-22)19(21)12-13-24(25)27/h6-13,15,18H,14H2,1-5H3/t18-/m0/s1. The number of fused-ring (bicyclic) bond motifs is 5. The Balaban J connectivity index is 1.76. The fourth-order valence-corrected chi connectivity index (χ4v) is 5.07. The van der Waals surface area contributed by atoms with Crippen molar-refractivity contribution in [3.63, 3.8) is 0 Å². The van der Waals surface area contributed by atoms with Gasteiger partial charge < -0.3 is 9.80 Å². The van der Waals surface area contributed by atoms with Crippen LogP contribution in [0.5, 0.6) is 0 Å². The van der Waals surface area contributed by atoms with Gasteiger partial charge in [-0.15, -0.1) is 0 Å². The summed E-state index contributed by atoms with van der Waals surface area (Å²) in [4.78, 5) is 9.94. The van der Waals surface area contributed by atoms with Crippen LogP contribution < -0.4 is 9.80 Å². The topological polar surface area (TPSA) is 19.4 Å². The smallest absolute Gasteiger partial charge is 0.104 e. The molecule has 0 saturated heterocycles. The van der Waals surface area contributed by atoms with Crippen molar-refractivity contribution in [2.75, 3.05) is 9.80 Å². The maximum Gasteiger partial charge on any atom is 0.104 e. The third kappa shape index (κ3) is 2.32. The second kappa shape index (κ2) is 6.10. The fraction of sp³-hybridized carbons (Fsp3) is 0.320. The fourth-order valence-electron chi connectivity index (χ4n) is 5.07. The number of aromatic nitrogens is 1. The van der Waals surface area contributed by atoms with Crippen molar-refractivity contribution in [3.8, 4) is 11.1 Å². The molecule has 142 valence electrons. The first-order valence-corrected chi connectivity index (χ1v) is 10.2. The van der Waals surface area contributed by atoms with E-state index in [1.807, 2.05) is 0 Å². The first-order valence-electron chi connectivity index (χ1n) is 10.2. The van der Waals surface area contributed by atoms with E-state index in [4.69, 9.17) is 4.98 Å². The first kappa shape index (κ1) is 17.3. The molecule has 0 N–H and O–H groups in total. The van der Waals surface area contributed by atoms with Crippen molar-refractivity contribution in [1.29, 1.82) is 0 Å². The molecule has 0 spiro atoms. The average Bonchev–Trinajstić information content (AvgIpc) is 3.16. The predicted molar refractivity (Wildman–Crippen MR) is 118 cm³/mol. The average molecular weight is 370 g/mol. The van der Waals surface area contributed by atoms with Gasteiger partial charge in [0.1, 0.15) is 6.17 Å². The van der Waals surface area contributed by atoms with Crippen LogP contribution in [0.1, 0.15) is 43.3 Å². The molecule has 0 saturated carbocycles. The van der Waals surface area contributed by atoms with Crippen molar-refractivity contribution in [3.05, 3.63) is 71.0 Å². The van der Waals surface area contributed by atoms with E-state index in [1.54, 1.807) is 0 Å². The summed E-state index contributed by atoms with van der Waals surface area (Å²) in [7, 11) is 0. The lowest BCUT2D eigenvalue weighted by molar-refractivity contribution is 0.606. The molecule has 3 aromatic rings. The Morgan fingerprint density at radius 1 is 0.929 bits per heavy atom. The Labute approximate surface area is 167 Å². The second-order valence-electron chi connectivity index (χ2n) is 8.37. The van der Waals surface area contributed by atoms with E-state index in [9.17, 15) is 0 Å². The summed E-state index contributed by atoms with van der Waals surface area (Å²) in [6.45, 7) is 11.2. The lowest BCUT2D eigenvalue weighted by Crippen LogP contribution is -2.42. The van der Waals surface area contributed by atoms with Crippen LogP contribution in [0.3, 0.4) is 0 Å². The highest BCUT2D eigenvalue weighted by Crippen LogP contribution is 2.53. The third-order valence-corrected chi connectivity index (χ3v) is 6.24. The van der Waals surface area contributed by atoms with Gasteiger partial charge in [-0.2, -0.15) is 0 Å². The summed E-state index contributed by atoms with van der Waals surface area (Å²) in [6.07, 6.45) is 1.19. The number of pyridine rings is 1. The summed E-state index contributed by atoms with van der Waals surface area (Å²) in [6, 6.07) is 18.2. The van der Waals surface area contributed by atoms with Gasteiger partial charge in [0.15, 0.2) is 0 Å². The highest BCUT2D eigenvalue weighted by molar-refractivity contribution is 5.94. The number of benzene rings is 2. The van der Waals surface area contributed by atoms with E-state index < -0.39 is 0 Å². The summed E-state index contributed by atoms with van der Waals surface area (Å²) >= 11 is 0. The monoisotopic (exact) mass is 369 g/mol. The van der Waals surface area contributed by atoms with Gasteiger partial charge in [0.25, 0.3) is 0 Å². The van der Waals surface area contributed by atoms with Gasteiger partial charge in [-0.05, 0) is 69.5 Å². The Morgan fingerprint density at radius 2 is 1.68 bits per heavy atom. The lowest BCUT2D eigenvalue weighted by Gasteiger charge is -2.33. The van der Waals surface area contributed by atoms with E-state index in [-0.39, 0.29) is 6.17 Å². The second-order valence-corrected chi connectivity index (χ2v) is 8.37. The Morgan fingerprint density at radius 3 is 2.43 bits per heavy atom. The largest absolute Gasteiger partial charge is 0.347 e. The van der Waals surface area contributed by atoms with Gasteiger partial charge in [0, 0.05) is 29.4 Å². The van der Waals surface area contributed by atoms with Crippen molar-refractivity contribution in [2.24, 2.45) is 0 Å². The minimum absolute atomic E-state index is 0.279. The van der Waals surface area contributed by atoms with Crippen LogP contribution in [0.15, 0.2) is 48.5 Å². The molecule has 28 heavy (non-hydrogen) atoms. The van der Waals surface area contributed by atoms with E-state index >= 15 is 0 Å². The highest BCUT2D eigenvalue weighted by atomic mass is 15.4. The van der Waals surface area contributed by atoms with Crippen molar-refractivity contribution in [1.82, 2.24) is 4.98 Å². The van der Waals surface area contributed by atoms with E-state index in [1.165, 1.54) is 45.0 Å². The molecule has 0 bridgehead atoms. The molecule has 2 heterocycles. The van der Waals surface area contributed by atoms with Gasteiger partial charge >= 0.3 is 0 Å². The molecule has 1 aliphatic carbocycles. The molecule has 1 aliphatic heterocycles. The van der Waals surface area contributed by atoms with Crippen LogP contribution in [0.25, 0.3) is 11.1 Å². The molecule has 0 amide bonds. The summed E-state index contributed by atoms with van der Waals surface area (Å²) in [5.41, 5.74) is 11.7. The summed E-state index contributed by atoms with van der Waals surface area (Å²) < 4.78 is 0. The molecule has 2 aromatic carbocycles. The van der Waals surface area contributed by atoms with Gasteiger partial charge in [-0.25, -0.2) is 0 Å². The molecular weight excluding hydrogens is 342 g/mol. The van der Waals surface area contributed by atoms with Gasteiger partial charge in [0.2, 0.25) is 0 Å². The quantitative estimate of drug-likeness (QED) is 0.433. The predicted octanol–water partition coefficient (Wildman–Crippen LogP) is 5.98. The zero-order valence-electron chi connectivity index (χ0n) is 17.3. The zero-order valence-corrected chi connectivity index (χ0v) is 17.3. The first-order chi connectivity index (χ1) is 13.5. The zero-order chi connectivity index (χ0) is 19.6. The minimum atomic E-state index is 0.279. The molecule has 0 radical (unpaired) electrons. The highest BCUT2D eigenvalue weighted by Gasteiger charge is 2.39. The summed E-state index contributed by atoms with van der Waals surface area (Å²) in [5.74, 6) is 0. The van der Waals surface area contributed by atoms with Crippen molar-refractivity contribution < 1.29 is 0 Å². The van der Waals surface area contributed by atoms with Gasteiger partial charge in [-0.1, -0.05) is 30.3 Å². The molecule has 0 unspecified atom stereocenters. The summed E-state index contributed by atoms with van der Waals surface area (Å²) in [5, 5.41) is 0. The van der Waals surface area contributed by atoms with Crippen LogP contribution >= 0.6 is 0 Å². The van der Waals surface area contributed by atoms with Crippen LogP contribution in [-0.2, 0) is 6.42 Å². The molecule has 1 aromatic heterocycles. The number of hydrogen-bond donors (Lipinski definition) is 0. The van der Waals surface area contributed by atoms with Crippen molar-refractivity contribution >= 4 is 17.1 Å². The molecular formula is C25H27N3. The molecule has 1 atom stereocenters. The van der Waals surface area contributed by atoms with Crippen LogP contribution in [0.2, 0.25) is 0 Å². The van der Waals surface area contributed by atoms with Crippen LogP contribution in [-0.4, -0.2) is 17.2 Å². The minimum Gasteiger partial charge on any atom is -0.347 e. The SMILES string of the molecule is Cc1ccc2c(n1)Cc1c-2ccc2c1N(c1ccccc1C)[C@@H](C)N2C(C)C. The van der Waals surface area contributed by atoms with E-state index in [2.05, 4.69) is 92.9 Å². The third-order valence-electron chi connectivity index (χ3n) is 6.24. The van der Waals surface area contributed by atoms with Crippen molar-refractivity contribution in [2.45, 2.75) is 53.2 Å². The van der Waals surface area contributed by atoms with Gasteiger partial charge in [0.05, 0.1) is 17.1 Å². The Bertz CT molecular complexity index is 1080. The van der Waals surface area contributed by atoms with Crippen LogP contribution in [0, 0.1) is 13.8 Å². The molecule has 3 nitrogen and oxygen atoms in total.